The van der Waals surface area contributed by atoms with Crippen LogP contribution in [0.3, 0.4) is 0 Å². The first-order chi connectivity index (χ1) is 9.75. The maximum Gasteiger partial charge on any atom is 0.330 e. The van der Waals surface area contributed by atoms with Crippen molar-refractivity contribution in [1.82, 2.24) is 0 Å². The molecule has 0 aliphatic carbocycles. The highest BCUT2D eigenvalue weighted by Crippen LogP contribution is 2.15. The lowest BCUT2D eigenvalue weighted by Crippen LogP contribution is -2.10. The molecule has 0 atom stereocenters. The molecule has 0 aliphatic heterocycles. The molecule has 1 aromatic carbocycles. The molecule has 3 nitrogen and oxygen atoms in total. The van der Waals surface area contributed by atoms with Crippen LogP contribution in [0.15, 0.2) is 47.9 Å². The van der Waals surface area contributed by atoms with Crippen LogP contribution in [0.25, 0.3) is 6.08 Å². The lowest BCUT2D eigenvalue weighted by molar-refractivity contribution is -0.138. The van der Waals surface area contributed by atoms with Gasteiger partial charge in [0, 0.05) is 11.0 Å². The number of esters is 1. The first-order valence-electron chi connectivity index (χ1n) is 6.01. The zero-order valence-electron chi connectivity index (χ0n) is 10.6. The number of hydrogen-bond donors (Lipinski definition) is 0. The van der Waals surface area contributed by atoms with Crippen molar-refractivity contribution in [3.8, 4) is 5.75 Å². The molecule has 2 aromatic rings. The fourth-order valence-electron chi connectivity index (χ4n) is 1.44. The lowest BCUT2D eigenvalue weighted by atomic mass is 10.3. The van der Waals surface area contributed by atoms with Gasteiger partial charge in [-0.2, -0.15) is 0 Å². The van der Waals surface area contributed by atoms with E-state index in [4.69, 9.17) is 9.47 Å². The maximum atomic E-state index is 13.2. The van der Waals surface area contributed by atoms with Gasteiger partial charge in [0.1, 0.15) is 13.2 Å². The van der Waals surface area contributed by atoms with Crippen molar-refractivity contribution in [2.45, 2.75) is 0 Å². The Morgan fingerprint density at radius 3 is 2.80 bits per heavy atom. The summed E-state index contributed by atoms with van der Waals surface area (Å²) in [5.41, 5.74) is 0. The number of para-hydroxylation sites is 1. The summed E-state index contributed by atoms with van der Waals surface area (Å²) in [4.78, 5) is 12.4. The minimum Gasteiger partial charge on any atom is -0.487 e. The Balaban J connectivity index is 1.68. The van der Waals surface area contributed by atoms with E-state index in [0.29, 0.717) is 0 Å². The molecular formula is C15H13FO3S. The summed E-state index contributed by atoms with van der Waals surface area (Å²) in [6.07, 6.45) is 3.04. The summed E-state index contributed by atoms with van der Waals surface area (Å²) >= 11 is 1.53. The van der Waals surface area contributed by atoms with E-state index in [9.17, 15) is 9.18 Å². The lowest BCUT2D eigenvalue weighted by Gasteiger charge is -2.06. The van der Waals surface area contributed by atoms with Crippen molar-refractivity contribution >= 4 is 23.4 Å². The molecule has 0 N–H and O–H groups in total. The second kappa shape index (κ2) is 7.45. The fourth-order valence-corrected chi connectivity index (χ4v) is 2.06. The number of carbonyl (C=O) groups excluding carboxylic acids is 1. The van der Waals surface area contributed by atoms with Crippen LogP contribution < -0.4 is 4.74 Å². The summed E-state index contributed by atoms with van der Waals surface area (Å²) < 4.78 is 23.3. The second-order valence-electron chi connectivity index (χ2n) is 3.80. The van der Waals surface area contributed by atoms with E-state index in [0.717, 1.165) is 4.88 Å². The number of thiophene rings is 1. The van der Waals surface area contributed by atoms with Crippen molar-refractivity contribution < 1.29 is 18.7 Å². The van der Waals surface area contributed by atoms with E-state index < -0.39 is 11.8 Å². The summed E-state index contributed by atoms with van der Waals surface area (Å²) in [5, 5.41) is 1.92. The molecule has 0 spiro atoms. The third-order valence-corrected chi connectivity index (χ3v) is 3.19. The number of benzene rings is 1. The van der Waals surface area contributed by atoms with Gasteiger partial charge in [-0.05, 0) is 29.7 Å². The molecule has 5 heteroatoms. The molecule has 20 heavy (non-hydrogen) atoms. The highest BCUT2D eigenvalue weighted by Gasteiger charge is 2.02. The van der Waals surface area contributed by atoms with Gasteiger partial charge in [0.05, 0.1) is 0 Å². The van der Waals surface area contributed by atoms with Crippen LogP contribution in [0.5, 0.6) is 5.75 Å². The standard InChI is InChI=1S/C15H13FO3S/c16-13-5-1-2-6-14(13)18-9-10-19-15(17)8-7-12-4-3-11-20-12/h1-8,11H,9-10H2. The van der Waals surface area contributed by atoms with Crippen LogP contribution in [0.4, 0.5) is 4.39 Å². The van der Waals surface area contributed by atoms with Crippen LogP contribution in [-0.4, -0.2) is 19.2 Å². The Labute approximate surface area is 120 Å². The summed E-state index contributed by atoms with van der Waals surface area (Å²) in [5.74, 6) is -0.732. The Kier molecular flexibility index (Phi) is 5.32. The molecule has 0 saturated carbocycles. The highest BCUT2D eigenvalue weighted by atomic mass is 32.1. The zero-order valence-corrected chi connectivity index (χ0v) is 11.4. The SMILES string of the molecule is O=C(C=Cc1cccs1)OCCOc1ccccc1F. The van der Waals surface area contributed by atoms with Crippen LogP contribution in [0.2, 0.25) is 0 Å². The predicted molar refractivity (Wildman–Crippen MR) is 76.2 cm³/mol. The van der Waals surface area contributed by atoms with E-state index >= 15 is 0 Å². The molecule has 0 radical (unpaired) electrons. The van der Waals surface area contributed by atoms with Gasteiger partial charge in [-0.1, -0.05) is 18.2 Å². The van der Waals surface area contributed by atoms with Gasteiger partial charge in [-0.25, -0.2) is 9.18 Å². The first-order valence-corrected chi connectivity index (χ1v) is 6.89. The van der Waals surface area contributed by atoms with Crippen molar-refractivity contribution in [3.05, 3.63) is 58.5 Å². The molecule has 0 saturated heterocycles. The first kappa shape index (κ1) is 14.3. The Morgan fingerprint density at radius 2 is 2.05 bits per heavy atom. The van der Waals surface area contributed by atoms with Crippen LogP contribution in [0, 0.1) is 5.82 Å². The van der Waals surface area contributed by atoms with Crippen molar-refractivity contribution in [3.63, 3.8) is 0 Å². The Hall–Kier alpha value is -2.14. The number of carbonyl (C=O) groups is 1. The normalized spacial score (nSPS) is 10.7. The van der Waals surface area contributed by atoms with E-state index in [1.807, 2.05) is 17.5 Å². The smallest absolute Gasteiger partial charge is 0.330 e. The third-order valence-electron chi connectivity index (χ3n) is 2.35. The number of halogens is 1. The molecule has 0 aliphatic rings. The minimum atomic E-state index is -0.449. The minimum absolute atomic E-state index is 0.0714. The summed E-state index contributed by atoms with van der Waals surface area (Å²) in [7, 11) is 0. The van der Waals surface area contributed by atoms with Gasteiger partial charge in [0.2, 0.25) is 0 Å². The van der Waals surface area contributed by atoms with Gasteiger partial charge in [0.15, 0.2) is 11.6 Å². The topological polar surface area (TPSA) is 35.5 Å². The molecule has 0 bridgehead atoms. The van der Waals surface area contributed by atoms with Crippen molar-refractivity contribution in [1.29, 1.82) is 0 Å². The molecule has 1 heterocycles. The van der Waals surface area contributed by atoms with E-state index in [-0.39, 0.29) is 19.0 Å². The number of hydrogen-bond acceptors (Lipinski definition) is 4. The zero-order chi connectivity index (χ0) is 14.2. The molecule has 0 unspecified atom stereocenters. The average molecular weight is 292 g/mol. The fraction of sp³-hybridized carbons (Fsp3) is 0.133. The van der Waals surface area contributed by atoms with Crippen molar-refractivity contribution in [2.24, 2.45) is 0 Å². The largest absolute Gasteiger partial charge is 0.487 e. The monoisotopic (exact) mass is 292 g/mol. The Bertz CT molecular complexity index is 579. The number of ether oxygens (including phenoxy) is 2. The van der Waals surface area contributed by atoms with Crippen LogP contribution in [-0.2, 0) is 9.53 Å². The third kappa shape index (κ3) is 4.51. The van der Waals surface area contributed by atoms with Gasteiger partial charge in [0.25, 0.3) is 0 Å². The van der Waals surface area contributed by atoms with Crippen LogP contribution in [0.1, 0.15) is 4.88 Å². The molecule has 2 rings (SSSR count). The highest BCUT2D eigenvalue weighted by molar-refractivity contribution is 7.10. The van der Waals surface area contributed by atoms with E-state index in [1.54, 1.807) is 18.2 Å². The molecule has 1 aromatic heterocycles. The van der Waals surface area contributed by atoms with E-state index in [1.165, 1.54) is 29.5 Å². The predicted octanol–water partition coefficient (Wildman–Crippen LogP) is 3.52. The van der Waals surface area contributed by atoms with E-state index in [2.05, 4.69) is 0 Å². The van der Waals surface area contributed by atoms with Crippen molar-refractivity contribution in [2.75, 3.05) is 13.2 Å². The molecule has 0 fully saturated rings. The molecule has 104 valence electrons. The maximum absolute atomic E-state index is 13.2. The van der Waals surface area contributed by atoms with Gasteiger partial charge in [-0.3, -0.25) is 0 Å². The molecule has 0 amide bonds. The Morgan fingerprint density at radius 1 is 1.20 bits per heavy atom. The van der Waals surface area contributed by atoms with Gasteiger partial charge < -0.3 is 9.47 Å². The summed E-state index contributed by atoms with van der Waals surface area (Å²) in [6, 6.07) is 9.89. The molecular weight excluding hydrogens is 279 g/mol. The van der Waals surface area contributed by atoms with Gasteiger partial charge >= 0.3 is 5.97 Å². The average Bonchev–Trinajstić information content (AvgIpc) is 2.96. The van der Waals surface area contributed by atoms with Gasteiger partial charge in [-0.15, -0.1) is 11.3 Å². The summed E-state index contributed by atoms with van der Waals surface area (Å²) in [6.45, 7) is 0.182. The number of rotatable bonds is 6. The second-order valence-corrected chi connectivity index (χ2v) is 4.77. The quantitative estimate of drug-likeness (QED) is 0.464. The van der Waals surface area contributed by atoms with Crippen LogP contribution >= 0.6 is 11.3 Å².